The number of hydrogen-bond donors (Lipinski definition) is 2. The van der Waals surface area contributed by atoms with Crippen molar-refractivity contribution in [1.29, 1.82) is 0 Å². The van der Waals surface area contributed by atoms with Crippen LogP contribution in [-0.4, -0.2) is 48.0 Å². The quantitative estimate of drug-likeness (QED) is 0.640. The van der Waals surface area contributed by atoms with Crippen molar-refractivity contribution in [1.82, 2.24) is 5.01 Å². The lowest BCUT2D eigenvalue weighted by Gasteiger charge is -2.28. The van der Waals surface area contributed by atoms with Crippen molar-refractivity contribution in [3.05, 3.63) is 53.6 Å². The third-order valence-corrected chi connectivity index (χ3v) is 6.12. The molecule has 8 nitrogen and oxygen atoms in total. The molecule has 164 valence electrons. The maximum Gasteiger partial charge on any atom is 0.316 e. The Bertz CT molecular complexity index is 978. The van der Waals surface area contributed by atoms with Crippen molar-refractivity contribution in [3.8, 4) is 11.5 Å². The van der Waals surface area contributed by atoms with Gasteiger partial charge in [0.2, 0.25) is 0 Å². The number of carbonyl (C=O) groups excluding carboxylic acids is 2. The predicted molar refractivity (Wildman–Crippen MR) is 123 cm³/mol. The fraction of sp³-hybridized carbons (Fsp3) is 0.318. The Morgan fingerprint density at radius 1 is 1.16 bits per heavy atom. The molecule has 0 saturated heterocycles. The molecule has 9 heteroatoms. The maximum absolute atomic E-state index is 12.6. The van der Waals surface area contributed by atoms with E-state index in [-0.39, 0.29) is 10.5 Å². The van der Waals surface area contributed by atoms with Gasteiger partial charge in [-0.1, -0.05) is 30.8 Å². The maximum atomic E-state index is 12.6. The summed E-state index contributed by atoms with van der Waals surface area (Å²) in [7, 11) is 3.19. The van der Waals surface area contributed by atoms with E-state index in [1.54, 1.807) is 26.4 Å². The highest BCUT2D eigenvalue weighted by Crippen LogP contribution is 2.33. The fourth-order valence-corrected chi connectivity index (χ4v) is 4.22. The molecule has 0 bridgehead atoms. The third-order valence-electron chi connectivity index (χ3n) is 4.87. The van der Waals surface area contributed by atoms with E-state index >= 15 is 0 Å². The van der Waals surface area contributed by atoms with Crippen LogP contribution in [0.25, 0.3) is 0 Å². The van der Waals surface area contributed by atoms with Crippen LogP contribution in [0, 0.1) is 0 Å². The second kappa shape index (κ2) is 10.2. The van der Waals surface area contributed by atoms with Gasteiger partial charge in [-0.15, -0.1) is 0 Å². The zero-order chi connectivity index (χ0) is 22.4. The molecule has 1 atom stereocenters. The number of ether oxygens (including phenoxy) is 2. The number of nitrogens with two attached hydrogens (primary N) is 1. The summed E-state index contributed by atoms with van der Waals surface area (Å²) in [5, 5.41) is 8.64. The molecule has 2 aromatic carbocycles. The Hall–Kier alpha value is -3.20. The summed E-state index contributed by atoms with van der Waals surface area (Å²) in [5.41, 5.74) is 8.51. The highest BCUT2D eigenvalue weighted by Gasteiger charge is 2.30. The molecular formula is C22H26N4O4S. The van der Waals surface area contributed by atoms with Crippen molar-refractivity contribution in [3.63, 3.8) is 0 Å². The molecule has 0 fully saturated rings. The molecule has 31 heavy (non-hydrogen) atoms. The Morgan fingerprint density at radius 2 is 1.87 bits per heavy atom. The average Bonchev–Trinajstić information content (AvgIpc) is 2.78. The topological polar surface area (TPSA) is 106 Å². The van der Waals surface area contributed by atoms with Crippen LogP contribution in [0.3, 0.4) is 0 Å². The molecule has 0 aromatic heterocycles. The largest absolute Gasteiger partial charge is 0.493 e. The second-order valence-electron chi connectivity index (χ2n) is 6.89. The van der Waals surface area contributed by atoms with E-state index < -0.39 is 6.03 Å². The number of benzene rings is 2. The van der Waals surface area contributed by atoms with E-state index in [1.807, 2.05) is 37.3 Å². The minimum Gasteiger partial charge on any atom is -0.493 e. The summed E-state index contributed by atoms with van der Waals surface area (Å²) in [5.74, 6) is 1.27. The number of amides is 3. The van der Waals surface area contributed by atoms with E-state index in [2.05, 4.69) is 5.32 Å². The van der Waals surface area contributed by atoms with Crippen molar-refractivity contribution < 1.29 is 19.1 Å². The summed E-state index contributed by atoms with van der Waals surface area (Å²) < 4.78 is 10.7. The summed E-state index contributed by atoms with van der Waals surface area (Å²) in [6, 6.07) is 12.4. The SMILES string of the molecule is CCC1SC(=O)N(CCc2ccc(NC(N)=O)cc2)N=C1c1ccc(OC)c(OC)c1. The van der Waals surface area contributed by atoms with Crippen molar-refractivity contribution in [2.75, 3.05) is 26.1 Å². The number of hydrogen-bond acceptors (Lipinski definition) is 6. The third kappa shape index (κ3) is 5.49. The zero-order valence-electron chi connectivity index (χ0n) is 17.8. The Kier molecular flexibility index (Phi) is 7.41. The van der Waals surface area contributed by atoms with Gasteiger partial charge in [-0.3, -0.25) is 4.79 Å². The smallest absolute Gasteiger partial charge is 0.316 e. The van der Waals surface area contributed by atoms with E-state index in [1.165, 1.54) is 16.8 Å². The highest BCUT2D eigenvalue weighted by molar-refractivity contribution is 8.14. The molecule has 0 spiro atoms. The fourth-order valence-electron chi connectivity index (χ4n) is 3.26. The number of methoxy groups -OCH3 is 2. The monoisotopic (exact) mass is 442 g/mol. The average molecular weight is 443 g/mol. The highest BCUT2D eigenvalue weighted by atomic mass is 32.2. The molecule has 3 N–H and O–H groups in total. The number of anilines is 1. The Balaban J connectivity index is 1.79. The lowest BCUT2D eigenvalue weighted by Crippen LogP contribution is -2.36. The first kappa shape index (κ1) is 22.5. The predicted octanol–water partition coefficient (Wildman–Crippen LogP) is 4.09. The van der Waals surface area contributed by atoms with Crippen LogP contribution in [0.1, 0.15) is 24.5 Å². The van der Waals surface area contributed by atoms with Crippen LogP contribution in [0.5, 0.6) is 11.5 Å². The van der Waals surface area contributed by atoms with E-state index in [0.29, 0.717) is 30.2 Å². The first-order chi connectivity index (χ1) is 14.9. The number of hydrazone groups is 1. The van der Waals surface area contributed by atoms with Crippen LogP contribution in [0.2, 0.25) is 0 Å². The van der Waals surface area contributed by atoms with Crippen LogP contribution < -0.4 is 20.5 Å². The van der Waals surface area contributed by atoms with Gasteiger partial charge in [-0.2, -0.15) is 5.10 Å². The van der Waals surface area contributed by atoms with Gasteiger partial charge >= 0.3 is 11.3 Å². The van der Waals surface area contributed by atoms with E-state index in [0.717, 1.165) is 23.3 Å². The minimum absolute atomic E-state index is 0.0268. The Labute approximate surface area is 185 Å². The molecule has 0 saturated carbocycles. The molecule has 2 aromatic rings. The lowest BCUT2D eigenvalue weighted by molar-refractivity contribution is 0.225. The van der Waals surface area contributed by atoms with E-state index in [9.17, 15) is 9.59 Å². The van der Waals surface area contributed by atoms with Crippen LogP contribution in [0.15, 0.2) is 47.6 Å². The number of primary amides is 1. The molecule has 3 rings (SSSR count). The summed E-state index contributed by atoms with van der Waals surface area (Å²) >= 11 is 1.29. The first-order valence-corrected chi connectivity index (χ1v) is 10.8. The molecule has 1 aliphatic heterocycles. The van der Waals surface area contributed by atoms with Crippen molar-refractivity contribution in [2.24, 2.45) is 10.8 Å². The van der Waals surface area contributed by atoms with Gasteiger partial charge in [0.05, 0.1) is 25.2 Å². The molecule has 0 aliphatic carbocycles. The standard InChI is InChI=1S/C22H26N4O4S/c1-4-19-20(15-7-10-17(29-2)18(13-15)30-3)25-26(22(28)31-19)12-11-14-5-8-16(9-6-14)24-21(23)27/h5-10,13,19H,4,11-12H2,1-3H3,(H3,23,24,27). The van der Waals surface area contributed by atoms with Gasteiger partial charge in [-0.05, 0) is 48.7 Å². The summed E-state index contributed by atoms with van der Waals surface area (Å²) in [6.07, 6.45) is 1.41. The zero-order valence-corrected chi connectivity index (χ0v) is 18.6. The number of rotatable bonds is 8. The first-order valence-electron chi connectivity index (χ1n) is 9.89. The van der Waals surface area contributed by atoms with Crippen LogP contribution in [0.4, 0.5) is 15.3 Å². The molecular weight excluding hydrogens is 416 g/mol. The second-order valence-corrected chi connectivity index (χ2v) is 8.05. The number of carbonyl (C=O) groups is 2. The molecule has 3 amide bonds. The molecule has 1 aliphatic rings. The summed E-state index contributed by atoms with van der Waals surface area (Å²) in [6.45, 7) is 2.49. The minimum atomic E-state index is -0.605. The van der Waals surface area contributed by atoms with Gasteiger partial charge in [0.15, 0.2) is 11.5 Å². The normalized spacial score (nSPS) is 16.0. The van der Waals surface area contributed by atoms with Crippen LogP contribution >= 0.6 is 11.8 Å². The molecule has 1 heterocycles. The Morgan fingerprint density at radius 3 is 2.48 bits per heavy atom. The van der Waals surface area contributed by atoms with Gasteiger partial charge in [0.25, 0.3) is 0 Å². The number of urea groups is 1. The van der Waals surface area contributed by atoms with Crippen molar-refractivity contribution >= 4 is 34.4 Å². The molecule has 1 unspecified atom stereocenters. The lowest BCUT2D eigenvalue weighted by atomic mass is 10.0. The summed E-state index contributed by atoms with van der Waals surface area (Å²) in [4.78, 5) is 23.6. The van der Waals surface area contributed by atoms with Gasteiger partial charge < -0.3 is 20.5 Å². The van der Waals surface area contributed by atoms with Crippen LogP contribution in [-0.2, 0) is 6.42 Å². The van der Waals surface area contributed by atoms with Gasteiger partial charge in [0, 0.05) is 17.8 Å². The number of thioether (sulfide) groups is 1. The molecule has 0 radical (unpaired) electrons. The van der Waals surface area contributed by atoms with E-state index in [4.69, 9.17) is 20.3 Å². The van der Waals surface area contributed by atoms with Gasteiger partial charge in [-0.25, -0.2) is 9.80 Å². The number of nitrogens with zero attached hydrogens (tertiary/aromatic N) is 2. The number of nitrogens with one attached hydrogen (secondary N) is 1. The van der Waals surface area contributed by atoms with Gasteiger partial charge in [0.1, 0.15) is 0 Å². The van der Waals surface area contributed by atoms with Crippen molar-refractivity contribution in [2.45, 2.75) is 25.0 Å².